The van der Waals surface area contributed by atoms with Gasteiger partial charge in [0.1, 0.15) is 6.04 Å². The Bertz CT molecular complexity index is 487. The minimum absolute atomic E-state index is 0.530. The molecule has 2 rings (SSSR count). The molecular formula is C15H21ClN2O2. The van der Waals surface area contributed by atoms with Gasteiger partial charge in [0, 0.05) is 35.9 Å². The smallest absolute Gasteiger partial charge is 0.320 e. The zero-order chi connectivity index (χ0) is 14.7. The lowest BCUT2D eigenvalue weighted by molar-refractivity contribution is -0.142. The van der Waals surface area contributed by atoms with Gasteiger partial charge in [0.05, 0.1) is 0 Å². The summed E-state index contributed by atoms with van der Waals surface area (Å²) in [6.07, 6.45) is 2.40. The van der Waals surface area contributed by atoms with Gasteiger partial charge in [-0.25, -0.2) is 0 Å². The second-order valence-electron chi connectivity index (χ2n) is 5.36. The van der Waals surface area contributed by atoms with Crippen LogP contribution >= 0.6 is 11.6 Å². The number of hydrogen-bond donors (Lipinski definition) is 1. The molecule has 0 spiro atoms. The summed E-state index contributed by atoms with van der Waals surface area (Å²) in [6, 6.07) is 5.37. The maximum Gasteiger partial charge on any atom is 0.320 e. The van der Waals surface area contributed by atoms with Gasteiger partial charge in [-0.1, -0.05) is 17.7 Å². The van der Waals surface area contributed by atoms with E-state index in [2.05, 4.69) is 11.0 Å². The van der Waals surface area contributed by atoms with Gasteiger partial charge in [0.25, 0.3) is 0 Å². The van der Waals surface area contributed by atoms with E-state index in [0.29, 0.717) is 11.6 Å². The molecule has 1 atom stereocenters. The predicted molar refractivity (Wildman–Crippen MR) is 81.5 cm³/mol. The summed E-state index contributed by atoms with van der Waals surface area (Å²) in [5.41, 5.74) is 2.16. The van der Waals surface area contributed by atoms with E-state index in [4.69, 9.17) is 16.7 Å². The van der Waals surface area contributed by atoms with Crippen LogP contribution in [0.5, 0.6) is 0 Å². The van der Waals surface area contributed by atoms with E-state index in [1.165, 1.54) is 12.8 Å². The fourth-order valence-electron chi connectivity index (χ4n) is 2.53. The highest BCUT2D eigenvalue weighted by Gasteiger charge is 2.22. The standard InChI is InChI=1S/C15H21ClN2O2/c1-11(15(19)20)17(2)10-12-13(16)6-5-7-14(12)18-8-3-4-9-18/h5-7,11H,3-4,8-10H2,1-2H3,(H,19,20). The molecule has 0 bridgehead atoms. The number of aliphatic carboxylic acids is 1. The van der Waals surface area contributed by atoms with Crippen LogP contribution < -0.4 is 4.90 Å². The second-order valence-corrected chi connectivity index (χ2v) is 5.77. The lowest BCUT2D eigenvalue weighted by Gasteiger charge is -2.27. The van der Waals surface area contributed by atoms with Crippen LogP contribution in [0.15, 0.2) is 18.2 Å². The molecule has 1 heterocycles. The second kappa shape index (κ2) is 6.46. The Labute approximate surface area is 124 Å². The van der Waals surface area contributed by atoms with Gasteiger partial charge in [-0.3, -0.25) is 9.69 Å². The van der Waals surface area contributed by atoms with Crippen LogP contribution in [0.2, 0.25) is 5.02 Å². The third-order valence-corrected chi connectivity index (χ3v) is 4.32. The number of benzene rings is 1. The zero-order valence-corrected chi connectivity index (χ0v) is 12.7. The average Bonchev–Trinajstić information content (AvgIpc) is 2.93. The Morgan fingerprint density at radius 2 is 2.10 bits per heavy atom. The van der Waals surface area contributed by atoms with Gasteiger partial charge < -0.3 is 10.0 Å². The Morgan fingerprint density at radius 3 is 2.70 bits per heavy atom. The molecule has 1 aliphatic rings. The summed E-state index contributed by atoms with van der Waals surface area (Å²) in [5.74, 6) is -0.817. The number of carbonyl (C=O) groups is 1. The minimum Gasteiger partial charge on any atom is -0.480 e. The van der Waals surface area contributed by atoms with E-state index < -0.39 is 12.0 Å². The van der Waals surface area contributed by atoms with Crippen molar-refractivity contribution in [3.05, 3.63) is 28.8 Å². The van der Waals surface area contributed by atoms with Gasteiger partial charge in [-0.15, -0.1) is 0 Å². The van der Waals surface area contributed by atoms with Crippen molar-refractivity contribution in [2.45, 2.75) is 32.4 Å². The molecule has 0 radical (unpaired) electrons. The summed E-state index contributed by atoms with van der Waals surface area (Å²) in [5, 5.41) is 9.80. The van der Waals surface area contributed by atoms with E-state index in [-0.39, 0.29) is 0 Å². The van der Waals surface area contributed by atoms with Crippen LogP contribution in [0, 0.1) is 0 Å². The van der Waals surface area contributed by atoms with Gasteiger partial charge in [-0.05, 0) is 38.9 Å². The number of rotatable bonds is 5. The average molecular weight is 297 g/mol. The number of anilines is 1. The van der Waals surface area contributed by atoms with E-state index in [1.807, 2.05) is 24.1 Å². The first-order chi connectivity index (χ1) is 9.50. The maximum absolute atomic E-state index is 11.1. The molecule has 4 nitrogen and oxygen atoms in total. The van der Waals surface area contributed by atoms with Crippen molar-refractivity contribution in [3.8, 4) is 0 Å². The lowest BCUT2D eigenvalue weighted by Crippen LogP contribution is -2.35. The molecule has 110 valence electrons. The van der Waals surface area contributed by atoms with Gasteiger partial charge >= 0.3 is 5.97 Å². The van der Waals surface area contributed by atoms with Crippen LogP contribution in [0.1, 0.15) is 25.3 Å². The Kier molecular flexibility index (Phi) is 4.89. The van der Waals surface area contributed by atoms with E-state index in [9.17, 15) is 4.79 Å². The van der Waals surface area contributed by atoms with Crippen molar-refractivity contribution in [3.63, 3.8) is 0 Å². The van der Waals surface area contributed by atoms with Gasteiger partial charge in [-0.2, -0.15) is 0 Å². The van der Waals surface area contributed by atoms with Crippen molar-refractivity contribution >= 4 is 23.3 Å². The summed E-state index contributed by atoms with van der Waals surface area (Å²) in [4.78, 5) is 15.2. The highest BCUT2D eigenvalue weighted by molar-refractivity contribution is 6.31. The number of likely N-dealkylation sites (N-methyl/N-ethyl adjacent to an activating group) is 1. The maximum atomic E-state index is 11.1. The Hall–Kier alpha value is -1.26. The first-order valence-electron chi connectivity index (χ1n) is 6.96. The molecule has 1 N–H and O–H groups in total. The summed E-state index contributed by atoms with van der Waals surface area (Å²) < 4.78 is 0. The number of halogens is 1. The highest BCUT2D eigenvalue weighted by atomic mass is 35.5. The normalized spacial score (nSPS) is 16.7. The fraction of sp³-hybridized carbons (Fsp3) is 0.533. The minimum atomic E-state index is -0.817. The Morgan fingerprint density at radius 1 is 1.45 bits per heavy atom. The topological polar surface area (TPSA) is 43.8 Å². The molecule has 20 heavy (non-hydrogen) atoms. The number of hydrogen-bond acceptors (Lipinski definition) is 3. The molecule has 0 aliphatic carbocycles. The number of nitrogens with zero attached hydrogens (tertiary/aromatic N) is 2. The van der Waals surface area contributed by atoms with E-state index in [0.717, 1.165) is 24.3 Å². The predicted octanol–water partition coefficient (Wildman–Crippen LogP) is 2.85. The molecule has 0 amide bonds. The fourth-order valence-corrected chi connectivity index (χ4v) is 2.76. The summed E-state index contributed by atoms with van der Waals surface area (Å²) >= 11 is 6.34. The summed E-state index contributed by atoms with van der Waals surface area (Å²) in [6.45, 7) is 4.32. The molecule has 1 saturated heterocycles. The largest absolute Gasteiger partial charge is 0.480 e. The van der Waals surface area contributed by atoms with E-state index >= 15 is 0 Å². The highest BCUT2D eigenvalue weighted by Crippen LogP contribution is 2.31. The lowest BCUT2D eigenvalue weighted by atomic mass is 10.1. The zero-order valence-electron chi connectivity index (χ0n) is 12.0. The molecular weight excluding hydrogens is 276 g/mol. The van der Waals surface area contributed by atoms with Crippen LogP contribution in [0.25, 0.3) is 0 Å². The van der Waals surface area contributed by atoms with Gasteiger partial charge in [0.2, 0.25) is 0 Å². The third kappa shape index (κ3) is 3.25. The quantitative estimate of drug-likeness (QED) is 0.907. The van der Waals surface area contributed by atoms with Crippen molar-refractivity contribution in [2.75, 3.05) is 25.0 Å². The Balaban J connectivity index is 2.23. The van der Waals surface area contributed by atoms with Crippen molar-refractivity contribution in [1.29, 1.82) is 0 Å². The van der Waals surface area contributed by atoms with Crippen LogP contribution in [-0.2, 0) is 11.3 Å². The SMILES string of the molecule is CC(C(=O)O)N(C)Cc1c(Cl)cccc1N1CCCC1. The molecule has 1 aliphatic heterocycles. The first kappa shape index (κ1) is 15.1. The molecule has 1 aromatic rings. The van der Waals surface area contributed by atoms with E-state index in [1.54, 1.807) is 6.92 Å². The molecule has 0 aromatic heterocycles. The summed E-state index contributed by atoms with van der Waals surface area (Å²) in [7, 11) is 1.82. The first-order valence-corrected chi connectivity index (χ1v) is 7.34. The third-order valence-electron chi connectivity index (χ3n) is 3.97. The molecule has 5 heteroatoms. The van der Waals surface area contributed by atoms with Crippen molar-refractivity contribution in [2.24, 2.45) is 0 Å². The monoisotopic (exact) mass is 296 g/mol. The molecule has 1 fully saturated rings. The van der Waals surface area contributed by atoms with Gasteiger partial charge in [0.15, 0.2) is 0 Å². The molecule has 1 unspecified atom stereocenters. The van der Waals surface area contributed by atoms with Crippen LogP contribution in [-0.4, -0.2) is 42.2 Å². The number of carboxylic acid groups (broad SMARTS) is 1. The molecule has 1 aromatic carbocycles. The van der Waals surface area contributed by atoms with Crippen LogP contribution in [0.3, 0.4) is 0 Å². The molecule has 0 saturated carbocycles. The number of carboxylic acids is 1. The van der Waals surface area contributed by atoms with Crippen LogP contribution in [0.4, 0.5) is 5.69 Å². The van der Waals surface area contributed by atoms with Crippen molar-refractivity contribution < 1.29 is 9.90 Å². The van der Waals surface area contributed by atoms with Crippen molar-refractivity contribution in [1.82, 2.24) is 4.90 Å².